The maximum atomic E-state index is 6.04. The summed E-state index contributed by atoms with van der Waals surface area (Å²) in [6.07, 6.45) is 3.30. The van der Waals surface area contributed by atoms with Gasteiger partial charge in [0.15, 0.2) is 6.39 Å². The lowest BCUT2D eigenvalue weighted by molar-refractivity contribution is 0.564. The molecule has 1 aliphatic carbocycles. The maximum Gasteiger partial charge on any atom is 0.225 e. The Bertz CT molecular complexity index is 2740. The van der Waals surface area contributed by atoms with Gasteiger partial charge < -0.3 is 8.98 Å². The number of anilines is 3. The SMILES string of the molecule is CC1(C)c2ccccc2-c2ccc(N(c3cnco3)c3ccc(-c4ccc5c(c4)c4ccccc4n5-c4ccccc4)c4ccccc34)cc21. The molecular formula is C46H33N3O. The lowest BCUT2D eigenvalue weighted by atomic mass is 9.82. The molecule has 1 aliphatic rings. The molecule has 9 aromatic rings. The van der Waals surface area contributed by atoms with Gasteiger partial charge in [0, 0.05) is 32.9 Å². The molecule has 0 amide bonds. The first kappa shape index (κ1) is 28.6. The van der Waals surface area contributed by atoms with Gasteiger partial charge >= 0.3 is 0 Å². The fraction of sp³-hybridized carbons (Fsp3) is 0.0652. The number of rotatable bonds is 5. The van der Waals surface area contributed by atoms with Gasteiger partial charge in [-0.2, -0.15) is 0 Å². The third-order valence-corrected chi connectivity index (χ3v) is 10.6. The minimum absolute atomic E-state index is 0.122. The van der Waals surface area contributed by atoms with E-state index >= 15 is 0 Å². The van der Waals surface area contributed by atoms with Gasteiger partial charge in [-0.25, -0.2) is 4.98 Å². The fourth-order valence-electron chi connectivity index (χ4n) is 8.26. The second kappa shape index (κ2) is 10.8. The zero-order valence-corrected chi connectivity index (χ0v) is 27.8. The molecule has 10 rings (SSSR count). The van der Waals surface area contributed by atoms with Crippen LogP contribution in [-0.4, -0.2) is 9.55 Å². The molecule has 0 atom stereocenters. The normalized spacial score (nSPS) is 13.2. The number of oxazole rings is 1. The number of nitrogens with zero attached hydrogens (tertiary/aromatic N) is 3. The standard InChI is InChI=1S/C46H33N3O/c1-46(2)40-18-10-8-15-35(40)36-22-21-32(27-41(36)46)49(45-28-47-29-50-45)43-25-23-33(34-14-6-7-16-37(34)43)30-20-24-44-39(26-30)38-17-9-11-19-42(38)48(44)31-12-4-3-5-13-31/h3-29H,1-2H3. The monoisotopic (exact) mass is 643 g/mol. The molecule has 238 valence electrons. The molecule has 4 heteroatoms. The zero-order valence-electron chi connectivity index (χ0n) is 27.8. The second-order valence-corrected chi connectivity index (χ2v) is 13.7. The number of para-hydroxylation sites is 2. The number of hydrogen-bond acceptors (Lipinski definition) is 3. The summed E-state index contributed by atoms with van der Waals surface area (Å²) in [7, 11) is 0. The van der Waals surface area contributed by atoms with E-state index in [1.807, 2.05) is 0 Å². The lowest BCUT2D eigenvalue weighted by Gasteiger charge is -2.27. The van der Waals surface area contributed by atoms with Gasteiger partial charge in [0.05, 0.1) is 22.9 Å². The summed E-state index contributed by atoms with van der Waals surface area (Å²) in [5, 5.41) is 4.79. The topological polar surface area (TPSA) is 34.2 Å². The van der Waals surface area contributed by atoms with Crippen LogP contribution in [0.5, 0.6) is 0 Å². The van der Waals surface area contributed by atoms with Gasteiger partial charge in [-0.1, -0.05) is 117 Å². The van der Waals surface area contributed by atoms with Crippen LogP contribution in [0, 0.1) is 0 Å². The van der Waals surface area contributed by atoms with Crippen molar-refractivity contribution in [3.8, 4) is 27.9 Å². The molecule has 0 saturated carbocycles. The van der Waals surface area contributed by atoms with Crippen molar-refractivity contribution < 1.29 is 4.42 Å². The van der Waals surface area contributed by atoms with Crippen LogP contribution in [-0.2, 0) is 5.41 Å². The van der Waals surface area contributed by atoms with Crippen molar-refractivity contribution in [1.29, 1.82) is 0 Å². The van der Waals surface area contributed by atoms with E-state index in [0.29, 0.717) is 5.88 Å². The molecule has 0 bridgehead atoms. The largest absolute Gasteiger partial charge is 0.427 e. The third kappa shape index (κ3) is 4.15. The molecule has 0 saturated heterocycles. The van der Waals surface area contributed by atoms with Crippen LogP contribution in [0.25, 0.3) is 60.5 Å². The van der Waals surface area contributed by atoms with Crippen LogP contribution < -0.4 is 4.90 Å². The predicted molar refractivity (Wildman–Crippen MR) is 206 cm³/mol. The van der Waals surface area contributed by atoms with Crippen molar-refractivity contribution in [1.82, 2.24) is 9.55 Å². The maximum absolute atomic E-state index is 6.04. The molecule has 2 heterocycles. The molecule has 0 radical (unpaired) electrons. The molecular weight excluding hydrogens is 611 g/mol. The number of fused-ring (bicyclic) bond motifs is 7. The molecule has 0 fully saturated rings. The Balaban J connectivity index is 1.15. The lowest BCUT2D eigenvalue weighted by Crippen LogP contribution is -2.16. The molecule has 4 nitrogen and oxygen atoms in total. The first-order valence-corrected chi connectivity index (χ1v) is 17.1. The summed E-state index contributed by atoms with van der Waals surface area (Å²) in [6, 6.07) is 54.9. The molecule has 50 heavy (non-hydrogen) atoms. The summed E-state index contributed by atoms with van der Waals surface area (Å²) in [5.74, 6) is 0.673. The molecule has 0 spiro atoms. The van der Waals surface area contributed by atoms with E-state index in [4.69, 9.17) is 4.42 Å². The van der Waals surface area contributed by atoms with Gasteiger partial charge in [-0.15, -0.1) is 0 Å². The number of hydrogen-bond donors (Lipinski definition) is 0. The Morgan fingerprint density at radius 3 is 2.10 bits per heavy atom. The van der Waals surface area contributed by atoms with E-state index in [9.17, 15) is 0 Å². The Morgan fingerprint density at radius 1 is 0.560 bits per heavy atom. The minimum atomic E-state index is -0.122. The zero-order chi connectivity index (χ0) is 33.4. The summed E-state index contributed by atoms with van der Waals surface area (Å²) in [5.41, 5.74) is 13.1. The number of benzene rings is 7. The highest BCUT2D eigenvalue weighted by Gasteiger charge is 2.36. The summed E-state index contributed by atoms with van der Waals surface area (Å²) in [4.78, 5) is 6.54. The third-order valence-electron chi connectivity index (χ3n) is 10.6. The van der Waals surface area contributed by atoms with Crippen molar-refractivity contribution >= 4 is 49.8 Å². The fourth-order valence-corrected chi connectivity index (χ4v) is 8.26. The van der Waals surface area contributed by atoms with Crippen LogP contribution >= 0.6 is 0 Å². The summed E-state index contributed by atoms with van der Waals surface area (Å²) < 4.78 is 8.40. The van der Waals surface area contributed by atoms with Gasteiger partial charge in [0.2, 0.25) is 5.88 Å². The Labute approximate surface area is 290 Å². The number of aromatic nitrogens is 2. The Morgan fingerprint density at radius 2 is 1.26 bits per heavy atom. The van der Waals surface area contributed by atoms with Gasteiger partial charge in [0.25, 0.3) is 0 Å². The van der Waals surface area contributed by atoms with E-state index in [2.05, 4.69) is 180 Å². The van der Waals surface area contributed by atoms with E-state index in [0.717, 1.165) is 22.4 Å². The van der Waals surface area contributed by atoms with E-state index in [-0.39, 0.29) is 5.41 Å². The Hall–Kier alpha value is -6.39. The summed E-state index contributed by atoms with van der Waals surface area (Å²) in [6.45, 7) is 4.64. The molecule has 7 aromatic carbocycles. The molecule has 0 aliphatic heterocycles. The van der Waals surface area contributed by atoms with E-state index in [1.165, 1.54) is 67.0 Å². The van der Waals surface area contributed by atoms with Gasteiger partial charge in [0.1, 0.15) is 0 Å². The van der Waals surface area contributed by atoms with Crippen LogP contribution in [0.1, 0.15) is 25.0 Å². The first-order valence-electron chi connectivity index (χ1n) is 17.1. The van der Waals surface area contributed by atoms with E-state index < -0.39 is 0 Å². The molecule has 0 N–H and O–H groups in total. The van der Waals surface area contributed by atoms with Crippen LogP contribution in [0.15, 0.2) is 169 Å². The molecule has 0 unspecified atom stereocenters. The van der Waals surface area contributed by atoms with Crippen LogP contribution in [0.3, 0.4) is 0 Å². The van der Waals surface area contributed by atoms with E-state index in [1.54, 1.807) is 6.20 Å². The average molecular weight is 644 g/mol. The van der Waals surface area contributed by atoms with Crippen molar-refractivity contribution in [2.75, 3.05) is 4.90 Å². The minimum Gasteiger partial charge on any atom is -0.427 e. The average Bonchev–Trinajstić information content (AvgIpc) is 3.87. The first-order chi connectivity index (χ1) is 24.6. The van der Waals surface area contributed by atoms with Crippen LogP contribution in [0.2, 0.25) is 0 Å². The van der Waals surface area contributed by atoms with Crippen molar-refractivity contribution in [2.45, 2.75) is 19.3 Å². The highest BCUT2D eigenvalue weighted by molar-refractivity contribution is 6.12. The summed E-state index contributed by atoms with van der Waals surface area (Å²) >= 11 is 0. The van der Waals surface area contributed by atoms with Crippen molar-refractivity contribution in [2.24, 2.45) is 0 Å². The highest BCUT2D eigenvalue weighted by Crippen LogP contribution is 2.51. The van der Waals surface area contributed by atoms with Crippen molar-refractivity contribution in [3.05, 3.63) is 175 Å². The quantitative estimate of drug-likeness (QED) is 0.187. The van der Waals surface area contributed by atoms with Gasteiger partial charge in [-0.3, -0.25) is 4.90 Å². The Kier molecular flexibility index (Phi) is 6.19. The van der Waals surface area contributed by atoms with Crippen LogP contribution in [0.4, 0.5) is 17.3 Å². The molecule has 2 aromatic heterocycles. The predicted octanol–water partition coefficient (Wildman–Crippen LogP) is 12.4. The smallest absolute Gasteiger partial charge is 0.225 e. The second-order valence-electron chi connectivity index (χ2n) is 13.7. The van der Waals surface area contributed by atoms with Gasteiger partial charge in [-0.05, 0) is 87.3 Å². The highest BCUT2D eigenvalue weighted by atomic mass is 16.4. The van der Waals surface area contributed by atoms with Crippen molar-refractivity contribution in [3.63, 3.8) is 0 Å².